The zero-order chi connectivity index (χ0) is 18.2. The summed E-state index contributed by atoms with van der Waals surface area (Å²) in [5.41, 5.74) is 2.09. The van der Waals surface area contributed by atoms with Crippen molar-refractivity contribution < 1.29 is 9.84 Å². The van der Waals surface area contributed by atoms with Gasteiger partial charge in [-0.15, -0.1) is 10.2 Å². The van der Waals surface area contributed by atoms with Crippen molar-refractivity contribution in [2.75, 3.05) is 0 Å². The van der Waals surface area contributed by atoms with Crippen molar-refractivity contribution in [3.8, 4) is 28.6 Å². The van der Waals surface area contributed by atoms with Crippen molar-refractivity contribution >= 4 is 0 Å². The van der Waals surface area contributed by atoms with Gasteiger partial charge in [0.2, 0.25) is 5.88 Å². The molecule has 3 atom stereocenters. The van der Waals surface area contributed by atoms with Crippen molar-refractivity contribution in [1.82, 2.24) is 25.1 Å². The van der Waals surface area contributed by atoms with Crippen LogP contribution in [-0.4, -0.2) is 43.0 Å². The van der Waals surface area contributed by atoms with Gasteiger partial charge in [-0.3, -0.25) is 0 Å². The Morgan fingerprint density at radius 2 is 1.93 bits per heavy atom. The van der Waals surface area contributed by atoms with Crippen molar-refractivity contribution in [3.63, 3.8) is 0 Å². The first-order valence-electron chi connectivity index (χ1n) is 9.33. The summed E-state index contributed by atoms with van der Waals surface area (Å²) < 4.78 is 7.87. The number of hydrogen-bond acceptors (Lipinski definition) is 6. The second kappa shape index (κ2) is 6.66. The third-order valence-corrected chi connectivity index (χ3v) is 5.42. The van der Waals surface area contributed by atoms with Gasteiger partial charge in [-0.25, -0.2) is 4.98 Å². The molecule has 1 aromatic carbocycles. The third kappa shape index (κ3) is 3.26. The second-order valence-corrected chi connectivity index (χ2v) is 7.28. The van der Waals surface area contributed by atoms with Gasteiger partial charge < -0.3 is 19.7 Å². The predicted octanol–water partition coefficient (Wildman–Crippen LogP) is 2.70. The summed E-state index contributed by atoms with van der Waals surface area (Å²) >= 11 is 0. The molecule has 0 unspecified atom stereocenters. The van der Waals surface area contributed by atoms with E-state index in [9.17, 15) is 5.11 Å². The molecular weight excluding hydrogens is 342 g/mol. The van der Waals surface area contributed by atoms with Crippen LogP contribution < -0.4 is 10.1 Å². The van der Waals surface area contributed by atoms with Gasteiger partial charge in [-0.05, 0) is 43.9 Å². The number of aromatic nitrogens is 4. The van der Waals surface area contributed by atoms with Gasteiger partial charge in [-0.1, -0.05) is 0 Å². The quantitative estimate of drug-likeness (QED) is 0.741. The molecule has 138 valence electrons. The standard InChI is InChI=1S/C20H21N5O2/c26-19-11-15(25-8-7-21-12-25)3-4-17(19)18-5-6-20(24-23-18)27-16-9-13-1-2-14(10-16)22-13/h3-8,11-14,16,22,26H,1-2,9-10H2/t13-,14+,16+. The molecule has 0 spiro atoms. The van der Waals surface area contributed by atoms with E-state index in [0.717, 1.165) is 18.5 Å². The van der Waals surface area contributed by atoms with E-state index in [1.165, 1.54) is 12.8 Å². The minimum atomic E-state index is 0.152. The summed E-state index contributed by atoms with van der Waals surface area (Å²) in [6.07, 6.45) is 9.94. The lowest BCUT2D eigenvalue weighted by atomic mass is 10.0. The molecule has 7 heteroatoms. The topological polar surface area (TPSA) is 85.1 Å². The fourth-order valence-corrected chi connectivity index (χ4v) is 4.11. The van der Waals surface area contributed by atoms with Crippen LogP contribution in [0.4, 0.5) is 0 Å². The molecular formula is C20H21N5O2. The van der Waals surface area contributed by atoms with Gasteiger partial charge >= 0.3 is 0 Å². The fourth-order valence-electron chi connectivity index (χ4n) is 4.11. The number of nitrogens with one attached hydrogen (secondary N) is 1. The molecule has 5 rings (SSSR count). The van der Waals surface area contributed by atoms with Gasteiger partial charge in [0.25, 0.3) is 0 Å². The summed E-state index contributed by atoms with van der Waals surface area (Å²) in [5, 5.41) is 22.5. The number of hydrogen-bond donors (Lipinski definition) is 2. The van der Waals surface area contributed by atoms with E-state index in [2.05, 4.69) is 20.5 Å². The fraction of sp³-hybridized carbons (Fsp3) is 0.350. The Hall–Kier alpha value is -2.93. The molecule has 0 radical (unpaired) electrons. The van der Waals surface area contributed by atoms with Crippen molar-refractivity contribution in [1.29, 1.82) is 0 Å². The SMILES string of the molecule is Oc1cc(-n2ccnc2)ccc1-c1ccc(O[C@H]2C[C@H]3CC[C@@H](C2)N3)nn1. The molecule has 4 heterocycles. The molecule has 3 aromatic rings. The highest BCUT2D eigenvalue weighted by atomic mass is 16.5. The Morgan fingerprint density at radius 1 is 1.07 bits per heavy atom. The smallest absolute Gasteiger partial charge is 0.233 e. The highest BCUT2D eigenvalue weighted by molar-refractivity contribution is 5.68. The average Bonchev–Trinajstić information content (AvgIpc) is 3.32. The highest BCUT2D eigenvalue weighted by Crippen LogP contribution is 2.31. The van der Waals surface area contributed by atoms with Gasteiger partial charge in [-0.2, -0.15) is 0 Å². The first-order chi connectivity index (χ1) is 13.2. The van der Waals surface area contributed by atoms with Gasteiger partial charge in [0.1, 0.15) is 11.9 Å². The monoisotopic (exact) mass is 363 g/mol. The lowest BCUT2D eigenvalue weighted by Crippen LogP contribution is -2.42. The Labute approximate surface area is 157 Å². The lowest BCUT2D eigenvalue weighted by Gasteiger charge is -2.28. The lowest BCUT2D eigenvalue weighted by molar-refractivity contribution is 0.130. The second-order valence-electron chi connectivity index (χ2n) is 7.28. The van der Waals surface area contributed by atoms with Crippen molar-refractivity contribution in [2.45, 2.75) is 43.9 Å². The Bertz CT molecular complexity index is 914. The van der Waals surface area contributed by atoms with E-state index in [0.29, 0.717) is 29.2 Å². The van der Waals surface area contributed by atoms with Gasteiger partial charge in [0.15, 0.2) is 0 Å². The number of fused-ring (bicyclic) bond motifs is 2. The molecule has 0 aliphatic carbocycles. The Kier molecular flexibility index (Phi) is 4.01. The van der Waals surface area contributed by atoms with Crippen molar-refractivity contribution in [3.05, 3.63) is 49.1 Å². The minimum Gasteiger partial charge on any atom is -0.507 e. The van der Waals surface area contributed by atoms with E-state index >= 15 is 0 Å². The van der Waals surface area contributed by atoms with E-state index in [1.807, 2.05) is 35.0 Å². The zero-order valence-electron chi connectivity index (χ0n) is 14.8. The maximum atomic E-state index is 10.4. The molecule has 7 nitrogen and oxygen atoms in total. The summed E-state index contributed by atoms with van der Waals surface area (Å²) in [6, 6.07) is 10.2. The van der Waals surface area contributed by atoms with Crippen molar-refractivity contribution in [2.24, 2.45) is 0 Å². The number of nitrogens with zero attached hydrogens (tertiary/aromatic N) is 4. The van der Waals surface area contributed by atoms with Crippen LogP contribution in [0.1, 0.15) is 25.7 Å². The summed E-state index contributed by atoms with van der Waals surface area (Å²) in [6.45, 7) is 0. The van der Waals surface area contributed by atoms with E-state index < -0.39 is 0 Å². The van der Waals surface area contributed by atoms with Crippen LogP contribution >= 0.6 is 0 Å². The summed E-state index contributed by atoms with van der Waals surface area (Å²) in [4.78, 5) is 4.02. The number of aromatic hydroxyl groups is 1. The minimum absolute atomic E-state index is 0.152. The van der Waals surface area contributed by atoms with Gasteiger partial charge in [0.05, 0.1) is 17.7 Å². The van der Waals surface area contributed by atoms with Crippen LogP contribution in [0.3, 0.4) is 0 Å². The number of phenols is 1. The first-order valence-corrected chi connectivity index (χ1v) is 9.33. The molecule has 0 saturated carbocycles. The number of imidazole rings is 1. The predicted molar refractivity (Wildman–Crippen MR) is 99.9 cm³/mol. The number of benzene rings is 1. The van der Waals surface area contributed by atoms with E-state index in [1.54, 1.807) is 18.6 Å². The zero-order valence-corrected chi connectivity index (χ0v) is 14.8. The molecule has 27 heavy (non-hydrogen) atoms. The summed E-state index contributed by atoms with van der Waals surface area (Å²) in [5.74, 6) is 0.693. The van der Waals surface area contributed by atoms with Crippen LogP contribution in [-0.2, 0) is 0 Å². The maximum absolute atomic E-state index is 10.4. The number of piperidine rings is 1. The maximum Gasteiger partial charge on any atom is 0.233 e. The molecule has 2 N–H and O–H groups in total. The van der Waals surface area contributed by atoms with Crippen LogP contribution in [0.5, 0.6) is 11.6 Å². The number of rotatable bonds is 4. The van der Waals surface area contributed by atoms with E-state index in [-0.39, 0.29) is 11.9 Å². The average molecular weight is 363 g/mol. The normalized spacial score (nSPS) is 24.1. The molecule has 2 aliphatic heterocycles. The summed E-state index contributed by atoms with van der Waals surface area (Å²) in [7, 11) is 0. The highest BCUT2D eigenvalue weighted by Gasteiger charge is 2.34. The molecule has 2 aliphatic rings. The largest absolute Gasteiger partial charge is 0.507 e. The van der Waals surface area contributed by atoms with E-state index in [4.69, 9.17) is 4.74 Å². The van der Waals surface area contributed by atoms with Crippen LogP contribution in [0.2, 0.25) is 0 Å². The molecule has 2 aromatic heterocycles. The molecule has 0 amide bonds. The Morgan fingerprint density at radius 3 is 2.59 bits per heavy atom. The third-order valence-electron chi connectivity index (χ3n) is 5.42. The number of phenolic OH excluding ortho intramolecular Hbond substituents is 1. The molecule has 2 bridgehead atoms. The van der Waals surface area contributed by atoms with Crippen LogP contribution in [0.25, 0.3) is 16.9 Å². The Balaban J connectivity index is 1.31. The van der Waals surface area contributed by atoms with Crippen LogP contribution in [0, 0.1) is 0 Å². The molecule has 2 saturated heterocycles. The number of ether oxygens (including phenoxy) is 1. The first kappa shape index (κ1) is 16.3. The van der Waals surface area contributed by atoms with Crippen LogP contribution in [0.15, 0.2) is 49.1 Å². The molecule has 2 fully saturated rings. The van der Waals surface area contributed by atoms with Gasteiger partial charge in [0, 0.05) is 42.2 Å².